The highest BCUT2D eigenvalue weighted by atomic mass is 16.6. The largest absolute Gasteiger partial charge is 0.457 e. The number of carbonyl (C=O) groups excluding carboxylic acids is 4. The molecule has 1 heterocycles. The van der Waals surface area contributed by atoms with E-state index >= 15 is 0 Å². The number of allylic oxidation sites excluding steroid dienone is 1. The maximum absolute atomic E-state index is 13.5. The van der Waals surface area contributed by atoms with Gasteiger partial charge < -0.3 is 19.1 Å². The summed E-state index contributed by atoms with van der Waals surface area (Å²) in [5.74, 6) is -2.06. The number of azide groups is 1. The number of hydrogen-bond donors (Lipinski definition) is 2. The van der Waals surface area contributed by atoms with E-state index < -0.39 is 58.9 Å². The molecule has 0 saturated carbocycles. The Labute approximate surface area is 245 Å². The Kier molecular flexibility index (Phi) is 11.1. The van der Waals surface area contributed by atoms with Crippen LogP contribution in [0.25, 0.3) is 10.4 Å². The molecule has 0 spiro atoms. The molecule has 0 radical (unpaired) electrons. The van der Waals surface area contributed by atoms with E-state index in [1.807, 2.05) is 6.07 Å². The highest BCUT2D eigenvalue weighted by Gasteiger charge is 2.54. The molecule has 2 rings (SSSR count). The first-order valence-electron chi connectivity index (χ1n) is 13.3. The van der Waals surface area contributed by atoms with E-state index in [0.29, 0.717) is 0 Å². The number of nitrogens with zero attached hydrogens (tertiary/aromatic N) is 5. The molecule has 1 saturated heterocycles. The molecule has 1 aromatic carbocycles. The van der Waals surface area contributed by atoms with Crippen molar-refractivity contribution in [1.29, 1.82) is 0 Å². The number of alkyl carbamates (subject to hydrolysis) is 1. The summed E-state index contributed by atoms with van der Waals surface area (Å²) in [5, 5.41) is 8.42. The number of guanidine groups is 1. The first-order chi connectivity index (χ1) is 19.5. The molecule has 14 heteroatoms. The molecule has 228 valence electrons. The average Bonchev–Trinajstić information content (AvgIpc) is 3.22. The molecule has 0 aliphatic carbocycles. The predicted octanol–water partition coefficient (Wildman–Crippen LogP) is 5.37. The van der Waals surface area contributed by atoms with Gasteiger partial charge in [0.1, 0.15) is 17.3 Å². The lowest BCUT2D eigenvalue weighted by atomic mass is 9.85. The normalized spacial score (nSPS) is 19.5. The van der Waals surface area contributed by atoms with Crippen LogP contribution in [0.1, 0.15) is 66.6 Å². The summed E-state index contributed by atoms with van der Waals surface area (Å²) in [6.45, 7) is 14.8. The van der Waals surface area contributed by atoms with Crippen molar-refractivity contribution >= 4 is 30.1 Å². The molecule has 42 heavy (non-hydrogen) atoms. The molecular weight excluding hydrogens is 546 g/mol. The van der Waals surface area contributed by atoms with Crippen LogP contribution < -0.4 is 10.6 Å². The second kappa shape index (κ2) is 13.9. The van der Waals surface area contributed by atoms with E-state index in [4.69, 9.17) is 14.2 Å². The van der Waals surface area contributed by atoms with Crippen molar-refractivity contribution in [2.45, 2.75) is 77.7 Å². The van der Waals surface area contributed by atoms with E-state index in [0.717, 1.165) is 5.56 Å². The summed E-state index contributed by atoms with van der Waals surface area (Å²) < 4.78 is 16.1. The third kappa shape index (κ3) is 9.81. The van der Waals surface area contributed by atoms with Gasteiger partial charge >= 0.3 is 24.2 Å². The number of benzene rings is 1. The van der Waals surface area contributed by atoms with E-state index in [9.17, 15) is 24.7 Å². The number of esters is 1. The lowest BCUT2D eigenvalue weighted by Crippen LogP contribution is -2.51. The van der Waals surface area contributed by atoms with Crippen molar-refractivity contribution in [3.63, 3.8) is 0 Å². The number of ether oxygens (including phenoxy) is 3. The van der Waals surface area contributed by atoms with Gasteiger partial charge in [0.25, 0.3) is 0 Å². The topological polar surface area (TPSA) is 184 Å². The minimum Gasteiger partial charge on any atom is -0.457 e. The van der Waals surface area contributed by atoms with Crippen molar-refractivity contribution in [3.8, 4) is 0 Å². The van der Waals surface area contributed by atoms with Crippen LogP contribution in [-0.2, 0) is 19.0 Å². The molecule has 1 aliphatic rings. The Balaban J connectivity index is 2.34. The minimum atomic E-state index is -1.77. The van der Waals surface area contributed by atoms with E-state index in [-0.39, 0.29) is 19.5 Å². The monoisotopic (exact) mass is 585 g/mol. The van der Waals surface area contributed by atoms with Crippen LogP contribution in [-0.4, -0.2) is 64.9 Å². The summed E-state index contributed by atoms with van der Waals surface area (Å²) in [6.07, 6.45) is -0.977. The van der Waals surface area contributed by atoms with Gasteiger partial charge in [-0.05, 0) is 66.0 Å². The van der Waals surface area contributed by atoms with Crippen LogP contribution in [0.3, 0.4) is 0 Å². The molecule has 1 aromatic rings. The zero-order chi connectivity index (χ0) is 31.7. The molecule has 4 amide bonds. The van der Waals surface area contributed by atoms with Crippen molar-refractivity contribution in [3.05, 3.63) is 59.0 Å². The van der Waals surface area contributed by atoms with Gasteiger partial charge in [-0.25, -0.2) is 14.4 Å². The van der Waals surface area contributed by atoms with E-state index in [2.05, 4.69) is 32.2 Å². The quantitative estimate of drug-likeness (QED) is 0.0656. The number of nitrogens with one attached hydrogen (secondary N) is 2. The first-order valence-corrected chi connectivity index (χ1v) is 13.3. The van der Waals surface area contributed by atoms with E-state index in [1.165, 1.54) is 4.90 Å². The van der Waals surface area contributed by atoms with Crippen LogP contribution in [0.4, 0.5) is 14.4 Å². The standard InChI is InChI=1S/C28H39N7O7/c1-9-13-20-16-35(17-28(20,33-34-29)21(36)40-18(2)19-14-11-10-12-15-19)23(37)30-22(31-24(38)41-26(3,4)5)32-25(39)42-27(6,7)8/h9-12,14-15,18,20H,1,13,16-17H2,2-8H3,(H2,30,31,32,37,38,39)/t18-,20-,28-/m1/s1. The lowest BCUT2D eigenvalue weighted by Gasteiger charge is -2.28. The number of hydrogen-bond acceptors (Lipinski definition) is 8. The molecular formula is C28H39N7O7. The SMILES string of the molecule is C=CC[C@@H]1CN(C(=O)NC(=NC(=O)OC(C)(C)C)NC(=O)OC(C)(C)C)C[C@]1(N=[N+]=[N-])C(=O)O[C@H](C)c1ccccc1. The highest BCUT2D eigenvalue weighted by Crippen LogP contribution is 2.37. The van der Waals surface area contributed by atoms with Crippen molar-refractivity contribution in [1.82, 2.24) is 15.5 Å². The molecule has 3 atom stereocenters. The summed E-state index contributed by atoms with van der Waals surface area (Å²) in [5.41, 5.74) is 6.57. The molecule has 0 aromatic heterocycles. The molecule has 1 fully saturated rings. The second-order valence-electron chi connectivity index (χ2n) is 11.7. The first kappa shape index (κ1) is 33.6. The molecule has 14 nitrogen and oxygen atoms in total. The maximum atomic E-state index is 13.5. The van der Waals surface area contributed by atoms with Gasteiger partial charge in [0.15, 0.2) is 5.54 Å². The zero-order valence-electron chi connectivity index (χ0n) is 25.0. The fourth-order valence-corrected chi connectivity index (χ4v) is 4.09. The van der Waals surface area contributed by atoms with Gasteiger partial charge in [-0.3, -0.25) is 15.4 Å². The fraction of sp³-hybridized carbons (Fsp3) is 0.536. The van der Waals surface area contributed by atoms with Crippen molar-refractivity contribution < 1.29 is 33.4 Å². The predicted molar refractivity (Wildman–Crippen MR) is 154 cm³/mol. The van der Waals surface area contributed by atoms with Crippen LogP contribution in [0.15, 0.2) is 53.1 Å². The summed E-state index contributed by atoms with van der Waals surface area (Å²) in [6, 6.07) is 8.15. The van der Waals surface area contributed by atoms with Gasteiger partial charge in [-0.1, -0.05) is 41.5 Å². The number of urea groups is 1. The fourth-order valence-electron chi connectivity index (χ4n) is 4.09. The number of rotatable bonds is 6. The van der Waals surface area contributed by atoms with E-state index in [1.54, 1.807) is 78.8 Å². The Morgan fingerprint density at radius 3 is 2.29 bits per heavy atom. The van der Waals surface area contributed by atoms with Gasteiger partial charge in [0, 0.05) is 23.9 Å². The second-order valence-corrected chi connectivity index (χ2v) is 11.7. The van der Waals surface area contributed by atoms with Gasteiger partial charge in [0.2, 0.25) is 5.96 Å². The average molecular weight is 586 g/mol. The molecule has 0 unspecified atom stereocenters. The lowest BCUT2D eigenvalue weighted by molar-refractivity contribution is -0.156. The molecule has 1 aliphatic heterocycles. The smallest absolute Gasteiger partial charge is 0.437 e. The molecule has 2 N–H and O–H groups in total. The van der Waals surface area contributed by atoms with Crippen LogP contribution >= 0.6 is 0 Å². The Morgan fingerprint density at radius 2 is 1.74 bits per heavy atom. The van der Waals surface area contributed by atoms with Gasteiger partial charge in [-0.2, -0.15) is 0 Å². The number of carbonyl (C=O) groups is 4. The zero-order valence-corrected chi connectivity index (χ0v) is 25.0. The number of aliphatic imine (C=N–C) groups is 1. The van der Waals surface area contributed by atoms with Crippen LogP contribution in [0.2, 0.25) is 0 Å². The minimum absolute atomic E-state index is 0.0438. The molecule has 0 bridgehead atoms. The maximum Gasteiger partial charge on any atom is 0.437 e. The van der Waals surface area contributed by atoms with Gasteiger partial charge in [0.05, 0.1) is 0 Å². The van der Waals surface area contributed by atoms with Crippen molar-refractivity contribution in [2.75, 3.05) is 13.1 Å². The van der Waals surface area contributed by atoms with Crippen molar-refractivity contribution in [2.24, 2.45) is 16.0 Å². The van der Waals surface area contributed by atoms with Crippen LogP contribution in [0.5, 0.6) is 0 Å². The Hall–Kier alpha value is -4.58. The summed E-state index contributed by atoms with van der Waals surface area (Å²) >= 11 is 0. The Morgan fingerprint density at radius 1 is 1.12 bits per heavy atom. The highest BCUT2D eigenvalue weighted by molar-refractivity contribution is 6.06. The number of likely N-dealkylation sites (tertiary alicyclic amines) is 1. The Bertz CT molecular complexity index is 1250. The third-order valence-corrected chi connectivity index (χ3v) is 5.86. The summed E-state index contributed by atoms with van der Waals surface area (Å²) in [4.78, 5) is 59.5. The third-order valence-electron chi connectivity index (χ3n) is 5.86. The summed E-state index contributed by atoms with van der Waals surface area (Å²) in [7, 11) is 0. The number of amides is 4. The van der Waals surface area contributed by atoms with Gasteiger partial charge in [-0.15, -0.1) is 11.6 Å². The van der Waals surface area contributed by atoms with Crippen LogP contribution in [0, 0.1) is 5.92 Å².